The standard InChI is InChI=1S/C25H36N2O3/c28-25-22(10-3-1-2-8-20-12-13-20)24(21-9-4-5-11-23(21)26-25)30-18-7-15-27-14-6-17-29-19-16-27/h4-5,9,11,20H,1-3,6-8,10,12-19H2,(H,26,28). The van der Waals surface area contributed by atoms with Crippen molar-refractivity contribution in [2.75, 3.05) is 39.5 Å². The number of fused-ring (bicyclic) bond motifs is 1. The monoisotopic (exact) mass is 412 g/mol. The highest BCUT2D eigenvalue weighted by molar-refractivity contribution is 5.87. The lowest BCUT2D eigenvalue weighted by Crippen LogP contribution is -2.28. The second kappa shape index (κ2) is 11.0. The van der Waals surface area contributed by atoms with Crippen LogP contribution < -0.4 is 4.74 Å². The fourth-order valence-electron chi connectivity index (χ4n) is 4.40. The molecule has 0 amide bonds. The summed E-state index contributed by atoms with van der Waals surface area (Å²) in [6.07, 6.45) is 10.7. The second-order valence-corrected chi connectivity index (χ2v) is 8.81. The van der Waals surface area contributed by atoms with Crippen LogP contribution in [0.3, 0.4) is 0 Å². The molecule has 1 aromatic carbocycles. The maximum absolute atomic E-state index is 10.6. The first-order chi connectivity index (χ1) is 14.8. The SMILES string of the molecule is Oc1nc2ccccc2c(OCCCN2CCCOCC2)c1CCCCCC1CC1. The van der Waals surface area contributed by atoms with Crippen LogP contribution in [-0.2, 0) is 11.2 Å². The molecule has 2 aromatic rings. The molecule has 2 fully saturated rings. The fourth-order valence-corrected chi connectivity index (χ4v) is 4.40. The zero-order chi connectivity index (χ0) is 20.6. The van der Waals surface area contributed by atoms with Gasteiger partial charge < -0.3 is 19.5 Å². The number of unbranched alkanes of at least 4 members (excludes halogenated alkanes) is 2. The third-order valence-electron chi connectivity index (χ3n) is 6.34. The van der Waals surface area contributed by atoms with Gasteiger partial charge in [-0.15, -0.1) is 0 Å². The molecule has 2 heterocycles. The molecular formula is C25H36N2O3. The largest absolute Gasteiger partial charge is 0.493 e. The fraction of sp³-hybridized carbons (Fsp3) is 0.640. The summed E-state index contributed by atoms with van der Waals surface area (Å²) in [7, 11) is 0. The summed E-state index contributed by atoms with van der Waals surface area (Å²) < 4.78 is 11.8. The van der Waals surface area contributed by atoms with E-state index in [1.807, 2.05) is 18.2 Å². The lowest BCUT2D eigenvalue weighted by molar-refractivity contribution is 0.140. The molecule has 2 aliphatic rings. The molecule has 1 N–H and O–H groups in total. The number of aromatic hydroxyl groups is 1. The van der Waals surface area contributed by atoms with Crippen LogP contribution in [0.25, 0.3) is 10.9 Å². The molecule has 0 spiro atoms. The molecule has 5 nitrogen and oxygen atoms in total. The number of rotatable bonds is 11. The summed E-state index contributed by atoms with van der Waals surface area (Å²) >= 11 is 0. The van der Waals surface area contributed by atoms with Gasteiger partial charge in [0.05, 0.1) is 24.3 Å². The quantitative estimate of drug-likeness (QED) is 0.530. The summed E-state index contributed by atoms with van der Waals surface area (Å²) in [5.41, 5.74) is 1.68. The first-order valence-corrected chi connectivity index (χ1v) is 11.8. The topological polar surface area (TPSA) is 54.8 Å². The van der Waals surface area contributed by atoms with E-state index in [0.717, 1.165) is 86.7 Å². The number of hydrogen-bond acceptors (Lipinski definition) is 5. The number of ether oxygens (including phenoxy) is 2. The molecule has 0 atom stereocenters. The highest BCUT2D eigenvalue weighted by Crippen LogP contribution is 2.36. The van der Waals surface area contributed by atoms with Crippen LogP contribution in [0.2, 0.25) is 0 Å². The van der Waals surface area contributed by atoms with Crippen molar-refractivity contribution < 1.29 is 14.6 Å². The van der Waals surface area contributed by atoms with Crippen molar-refractivity contribution in [2.45, 2.75) is 57.8 Å². The maximum Gasteiger partial charge on any atom is 0.218 e. The summed E-state index contributed by atoms with van der Waals surface area (Å²) in [6, 6.07) is 7.97. The molecule has 1 aromatic heterocycles. The third-order valence-corrected chi connectivity index (χ3v) is 6.34. The third kappa shape index (κ3) is 6.08. The lowest BCUT2D eigenvalue weighted by Gasteiger charge is -2.20. The number of nitrogens with zero attached hydrogens (tertiary/aromatic N) is 2. The predicted octanol–water partition coefficient (Wildman–Crippen LogP) is 4.94. The molecule has 1 saturated heterocycles. The smallest absolute Gasteiger partial charge is 0.218 e. The van der Waals surface area contributed by atoms with E-state index in [4.69, 9.17) is 9.47 Å². The Morgan fingerprint density at radius 3 is 2.87 bits per heavy atom. The van der Waals surface area contributed by atoms with Crippen molar-refractivity contribution in [3.63, 3.8) is 0 Å². The summed E-state index contributed by atoms with van der Waals surface area (Å²) in [5, 5.41) is 11.6. The van der Waals surface area contributed by atoms with E-state index in [1.165, 1.54) is 32.1 Å². The molecule has 1 aliphatic heterocycles. The van der Waals surface area contributed by atoms with Gasteiger partial charge in [0.25, 0.3) is 0 Å². The van der Waals surface area contributed by atoms with Crippen molar-refractivity contribution in [1.29, 1.82) is 0 Å². The number of hydrogen-bond donors (Lipinski definition) is 1. The molecule has 1 saturated carbocycles. The highest BCUT2D eigenvalue weighted by atomic mass is 16.5. The van der Waals surface area contributed by atoms with Gasteiger partial charge >= 0.3 is 0 Å². The normalized spacial score (nSPS) is 17.9. The van der Waals surface area contributed by atoms with Crippen molar-refractivity contribution >= 4 is 10.9 Å². The molecule has 1 aliphatic carbocycles. The minimum atomic E-state index is 0.135. The van der Waals surface area contributed by atoms with Gasteiger partial charge in [-0.1, -0.05) is 44.2 Å². The Morgan fingerprint density at radius 1 is 1.07 bits per heavy atom. The molecular weight excluding hydrogens is 376 g/mol. The Hall–Kier alpha value is -1.85. The molecule has 0 unspecified atom stereocenters. The lowest BCUT2D eigenvalue weighted by atomic mass is 10.0. The van der Waals surface area contributed by atoms with Crippen LogP contribution in [0.15, 0.2) is 24.3 Å². The Kier molecular flexibility index (Phi) is 7.82. The molecule has 164 valence electrons. The van der Waals surface area contributed by atoms with Gasteiger partial charge in [0, 0.05) is 31.6 Å². The zero-order valence-electron chi connectivity index (χ0n) is 18.2. The van der Waals surface area contributed by atoms with Crippen LogP contribution in [0.4, 0.5) is 0 Å². The van der Waals surface area contributed by atoms with Gasteiger partial charge in [-0.3, -0.25) is 0 Å². The number of pyridine rings is 1. The molecule has 0 radical (unpaired) electrons. The summed E-state index contributed by atoms with van der Waals surface area (Å²) in [6.45, 7) is 5.48. The van der Waals surface area contributed by atoms with Crippen LogP contribution in [-0.4, -0.2) is 54.4 Å². The average Bonchev–Trinajstić information content (AvgIpc) is 3.59. The van der Waals surface area contributed by atoms with Gasteiger partial charge in [0.15, 0.2) is 0 Å². The van der Waals surface area contributed by atoms with Crippen molar-refractivity contribution in [3.05, 3.63) is 29.8 Å². The molecule has 30 heavy (non-hydrogen) atoms. The van der Waals surface area contributed by atoms with E-state index < -0.39 is 0 Å². The van der Waals surface area contributed by atoms with Crippen molar-refractivity contribution in [2.24, 2.45) is 5.92 Å². The predicted molar refractivity (Wildman–Crippen MR) is 120 cm³/mol. The Morgan fingerprint density at radius 2 is 1.97 bits per heavy atom. The Bertz CT molecular complexity index is 798. The molecule has 4 rings (SSSR count). The summed E-state index contributed by atoms with van der Waals surface area (Å²) in [4.78, 5) is 6.90. The highest BCUT2D eigenvalue weighted by Gasteiger charge is 2.20. The minimum Gasteiger partial charge on any atom is -0.493 e. The second-order valence-electron chi connectivity index (χ2n) is 8.81. The van der Waals surface area contributed by atoms with E-state index in [0.29, 0.717) is 6.61 Å². The van der Waals surface area contributed by atoms with E-state index >= 15 is 0 Å². The first-order valence-electron chi connectivity index (χ1n) is 11.8. The van der Waals surface area contributed by atoms with Gasteiger partial charge in [-0.2, -0.15) is 0 Å². The van der Waals surface area contributed by atoms with E-state index in [9.17, 15) is 5.11 Å². The molecule has 0 bridgehead atoms. The number of benzene rings is 1. The van der Waals surface area contributed by atoms with Crippen molar-refractivity contribution in [1.82, 2.24) is 9.88 Å². The number of para-hydroxylation sites is 1. The minimum absolute atomic E-state index is 0.135. The number of aromatic nitrogens is 1. The van der Waals surface area contributed by atoms with Crippen molar-refractivity contribution in [3.8, 4) is 11.6 Å². The van der Waals surface area contributed by atoms with Crippen LogP contribution in [0.5, 0.6) is 11.6 Å². The van der Waals surface area contributed by atoms with Gasteiger partial charge in [-0.25, -0.2) is 4.98 Å². The first kappa shape index (κ1) is 21.4. The van der Waals surface area contributed by atoms with Crippen LogP contribution in [0, 0.1) is 5.92 Å². The van der Waals surface area contributed by atoms with Gasteiger partial charge in [0.1, 0.15) is 5.75 Å². The maximum atomic E-state index is 10.6. The van der Waals surface area contributed by atoms with E-state index in [-0.39, 0.29) is 5.88 Å². The Balaban J connectivity index is 1.36. The average molecular weight is 413 g/mol. The van der Waals surface area contributed by atoms with Gasteiger partial charge in [-0.05, 0) is 43.7 Å². The van der Waals surface area contributed by atoms with Gasteiger partial charge in [0.2, 0.25) is 5.88 Å². The van der Waals surface area contributed by atoms with E-state index in [1.54, 1.807) is 0 Å². The van der Waals surface area contributed by atoms with Crippen LogP contribution >= 0.6 is 0 Å². The Labute approximate surface area is 180 Å². The van der Waals surface area contributed by atoms with E-state index in [2.05, 4.69) is 16.0 Å². The van der Waals surface area contributed by atoms with Crippen LogP contribution in [0.1, 0.15) is 56.9 Å². The summed E-state index contributed by atoms with van der Waals surface area (Å²) in [5.74, 6) is 1.96. The molecule has 5 heteroatoms. The zero-order valence-corrected chi connectivity index (χ0v) is 18.2.